The summed E-state index contributed by atoms with van der Waals surface area (Å²) in [5, 5.41) is 2.62. The Hall–Kier alpha value is -1.59. The van der Waals surface area contributed by atoms with Crippen molar-refractivity contribution in [1.82, 2.24) is 5.32 Å². The Balaban J connectivity index is 2.13. The first kappa shape index (κ1) is 13.5. The van der Waals surface area contributed by atoms with Gasteiger partial charge in [-0.2, -0.15) is 0 Å². The van der Waals surface area contributed by atoms with E-state index in [0.717, 1.165) is 5.56 Å². The molecule has 0 radical (unpaired) electrons. The number of benzene rings is 1. The SMILES string of the molecule is NC[C@@H](N)CCNC(=O)OCc1ccccc1. The Labute approximate surface area is 101 Å². The molecule has 94 valence electrons. The fourth-order valence-electron chi connectivity index (χ4n) is 1.25. The summed E-state index contributed by atoms with van der Waals surface area (Å²) >= 11 is 0. The average molecular weight is 237 g/mol. The van der Waals surface area contributed by atoms with E-state index in [-0.39, 0.29) is 12.6 Å². The number of carbonyl (C=O) groups excluding carboxylic acids is 1. The molecule has 0 spiro atoms. The van der Waals surface area contributed by atoms with Crippen LogP contribution in [0, 0.1) is 0 Å². The molecular weight excluding hydrogens is 218 g/mol. The maximum absolute atomic E-state index is 11.3. The highest BCUT2D eigenvalue weighted by atomic mass is 16.5. The van der Waals surface area contributed by atoms with E-state index in [1.165, 1.54) is 0 Å². The highest BCUT2D eigenvalue weighted by Gasteiger charge is 2.03. The van der Waals surface area contributed by atoms with Gasteiger partial charge in [0.1, 0.15) is 6.61 Å². The van der Waals surface area contributed by atoms with Gasteiger partial charge in [0.2, 0.25) is 0 Å². The molecule has 0 heterocycles. The third-order valence-electron chi connectivity index (χ3n) is 2.30. The van der Waals surface area contributed by atoms with Gasteiger partial charge >= 0.3 is 6.09 Å². The van der Waals surface area contributed by atoms with Gasteiger partial charge in [0.25, 0.3) is 0 Å². The number of carbonyl (C=O) groups is 1. The second-order valence-electron chi connectivity index (χ2n) is 3.77. The third-order valence-corrected chi connectivity index (χ3v) is 2.30. The molecule has 5 nitrogen and oxygen atoms in total. The van der Waals surface area contributed by atoms with Crippen molar-refractivity contribution in [1.29, 1.82) is 0 Å². The minimum atomic E-state index is -0.432. The number of hydrogen-bond donors (Lipinski definition) is 3. The predicted octanol–water partition coefficient (Wildman–Crippen LogP) is 0.589. The Morgan fingerprint density at radius 3 is 2.71 bits per heavy atom. The quantitative estimate of drug-likeness (QED) is 0.675. The van der Waals surface area contributed by atoms with Crippen molar-refractivity contribution in [2.45, 2.75) is 19.1 Å². The number of hydrogen-bond acceptors (Lipinski definition) is 4. The Morgan fingerprint density at radius 1 is 1.35 bits per heavy atom. The van der Waals surface area contributed by atoms with Crippen LogP contribution in [0.15, 0.2) is 30.3 Å². The maximum atomic E-state index is 11.3. The molecule has 0 fully saturated rings. The lowest BCUT2D eigenvalue weighted by Crippen LogP contribution is -2.35. The molecule has 0 unspecified atom stereocenters. The van der Waals surface area contributed by atoms with Gasteiger partial charge in [0.05, 0.1) is 0 Å². The molecule has 1 aromatic carbocycles. The zero-order valence-electron chi connectivity index (χ0n) is 9.76. The maximum Gasteiger partial charge on any atom is 0.407 e. The van der Waals surface area contributed by atoms with Crippen LogP contribution in [0.1, 0.15) is 12.0 Å². The largest absolute Gasteiger partial charge is 0.445 e. The van der Waals surface area contributed by atoms with Crippen LogP contribution in [0.2, 0.25) is 0 Å². The normalized spacial score (nSPS) is 11.9. The number of nitrogens with two attached hydrogens (primary N) is 2. The van der Waals surface area contributed by atoms with Crippen LogP contribution in [0.4, 0.5) is 4.79 Å². The zero-order chi connectivity index (χ0) is 12.5. The van der Waals surface area contributed by atoms with Gasteiger partial charge in [-0.1, -0.05) is 30.3 Å². The summed E-state index contributed by atoms with van der Waals surface area (Å²) < 4.78 is 5.02. The molecule has 0 saturated heterocycles. The highest BCUT2D eigenvalue weighted by molar-refractivity contribution is 5.67. The summed E-state index contributed by atoms with van der Waals surface area (Å²) in [7, 11) is 0. The Kier molecular flexibility index (Phi) is 6.06. The Bertz CT molecular complexity index is 330. The lowest BCUT2D eigenvalue weighted by Gasteiger charge is -2.10. The van der Waals surface area contributed by atoms with E-state index in [2.05, 4.69) is 5.32 Å². The van der Waals surface area contributed by atoms with Crippen molar-refractivity contribution in [3.8, 4) is 0 Å². The first-order valence-corrected chi connectivity index (χ1v) is 5.62. The van der Waals surface area contributed by atoms with Crippen LogP contribution >= 0.6 is 0 Å². The van der Waals surface area contributed by atoms with Crippen LogP contribution in [-0.2, 0) is 11.3 Å². The molecule has 0 aromatic heterocycles. The van der Waals surface area contributed by atoms with Gasteiger partial charge in [-0.15, -0.1) is 0 Å². The summed E-state index contributed by atoms with van der Waals surface area (Å²) in [6, 6.07) is 9.44. The molecule has 1 atom stereocenters. The Morgan fingerprint density at radius 2 is 2.06 bits per heavy atom. The molecule has 0 aliphatic rings. The van der Waals surface area contributed by atoms with E-state index in [0.29, 0.717) is 19.5 Å². The number of amides is 1. The minimum Gasteiger partial charge on any atom is -0.445 e. The summed E-state index contributed by atoms with van der Waals surface area (Å²) in [5.41, 5.74) is 11.9. The van der Waals surface area contributed by atoms with E-state index >= 15 is 0 Å². The van der Waals surface area contributed by atoms with Crippen molar-refractivity contribution in [3.05, 3.63) is 35.9 Å². The standard InChI is InChI=1S/C12H19N3O2/c13-8-11(14)6-7-15-12(16)17-9-10-4-2-1-3-5-10/h1-5,11H,6-9,13-14H2,(H,15,16)/t11-/m0/s1. The topological polar surface area (TPSA) is 90.4 Å². The van der Waals surface area contributed by atoms with Gasteiger partial charge in [-0.05, 0) is 12.0 Å². The molecule has 1 rings (SSSR count). The molecule has 0 aliphatic heterocycles. The number of alkyl carbamates (subject to hydrolysis) is 1. The van der Waals surface area contributed by atoms with E-state index in [1.54, 1.807) is 0 Å². The van der Waals surface area contributed by atoms with Crippen molar-refractivity contribution >= 4 is 6.09 Å². The fraction of sp³-hybridized carbons (Fsp3) is 0.417. The molecule has 0 bridgehead atoms. The molecule has 17 heavy (non-hydrogen) atoms. The van der Waals surface area contributed by atoms with Crippen molar-refractivity contribution in [2.24, 2.45) is 11.5 Å². The number of rotatable bonds is 6. The van der Waals surface area contributed by atoms with Gasteiger partial charge < -0.3 is 21.5 Å². The monoisotopic (exact) mass is 237 g/mol. The van der Waals surface area contributed by atoms with Gasteiger partial charge in [0, 0.05) is 19.1 Å². The second kappa shape index (κ2) is 7.65. The molecular formula is C12H19N3O2. The van der Waals surface area contributed by atoms with Crippen LogP contribution in [0.5, 0.6) is 0 Å². The second-order valence-corrected chi connectivity index (χ2v) is 3.77. The molecule has 5 N–H and O–H groups in total. The predicted molar refractivity (Wildman–Crippen MR) is 66.3 cm³/mol. The molecule has 0 saturated carbocycles. The number of nitrogens with one attached hydrogen (secondary N) is 1. The smallest absolute Gasteiger partial charge is 0.407 e. The lowest BCUT2D eigenvalue weighted by atomic mass is 10.2. The fourth-order valence-corrected chi connectivity index (χ4v) is 1.25. The molecule has 1 amide bonds. The van der Waals surface area contributed by atoms with E-state index in [1.807, 2.05) is 30.3 Å². The number of ether oxygens (including phenoxy) is 1. The zero-order valence-corrected chi connectivity index (χ0v) is 9.76. The van der Waals surface area contributed by atoms with Gasteiger partial charge in [-0.3, -0.25) is 0 Å². The van der Waals surface area contributed by atoms with Crippen LogP contribution < -0.4 is 16.8 Å². The summed E-state index contributed by atoms with van der Waals surface area (Å²) in [6.07, 6.45) is 0.217. The first-order chi connectivity index (χ1) is 8.22. The van der Waals surface area contributed by atoms with Gasteiger partial charge in [-0.25, -0.2) is 4.79 Å². The van der Waals surface area contributed by atoms with E-state index in [9.17, 15) is 4.79 Å². The highest BCUT2D eigenvalue weighted by Crippen LogP contribution is 2.00. The van der Waals surface area contributed by atoms with Crippen LogP contribution in [0.25, 0.3) is 0 Å². The third kappa shape index (κ3) is 5.89. The van der Waals surface area contributed by atoms with E-state index in [4.69, 9.17) is 16.2 Å². The van der Waals surface area contributed by atoms with Crippen LogP contribution in [-0.4, -0.2) is 25.2 Å². The summed E-state index contributed by atoms with van der Waals surface area (Å²) in [4.78, 5) is 11.3. The molecule has 5 heteroatoms. The van der Waals surface area contributed by atoms with Crippen molar-refractivity contribution < 1.29 is 9.53 Å². The van der Waals surface area contributed by atoms with Gasteiger partial charge in [0.15, 0.2) is 0 Å². The summed E-state index contributed by atoms with van der Waals surface area (Å²) in [6.45, 7) is 1.17. The lowest BCUT2D eigenvalue weighted by molar-refractivity contribution is 0.139. The van der Waals surface area contributed by atoms with Crippen molar-refractivity contribution in [2.75, 3.05) is 13.1 Å². The van der Waals surface area contributed by atoms with Crippen LogP contribution in [0.3, 0.4) is 0 Å². The van der Waals surface area contributed by atoms with E-state index < -0.39 is 6.09 Å². The summed E-state index contributed by atoms with van der Waals surface area (Å²) in [5.74, 6) is 0. The molecule has 0 aliphatic carbocycles. The molecule has 1 aromatic rings. The first-order valence-electron chi connectivity index (χ1n) is 5.62. The van der Waals surface area contributed by atoms with Crippen molar-refractivity contribution in [3.63, 3.8) is 0 Å². The average Bonchev–Trinajstić information content (AvgIpc) is 2.37. The minimum absolute atomic E-state index is 0.0792.